The molecule has 1 atom stereocenters. The molecule has 0 fully saturated rings. The van der Waals surface area contributed by atoms with Crippen molar-refractivity contribution in [2.45, 2.75) is 23.7 Å². The van der Waals surface area contributed by atoms with Crippen LogP contribution in [0.2, 0.25) is 0 Å². The zero-order valence-corrected chi connectivity index (χ0v) is 16.5. The fraction of sp³-hybridized carbons (Fsp3) is 0.353. The van der Waals surface area contributed by atoms with Crippen molar-refractivity contribution in [1.29, 1.82) is 0 Å². The summed E-state index contributed by atoms with van der Waals surface area (Å²) < 4.78 is 41.3. The molecule has 2 N–H and O–H groups in total. The second-order valence-corrected chi connectivity index (χ2v) is 9.18. The molecule has 1 amide bonds. The summed E-state index contributed by atoms with van der Waals surface area (Å²) in [5.74, 6) is -0.539. The number of sulfonamides is 1. The van der Waals surface area contributed by atoms with Crippen molar-refractivity contribution in [3.05, 3.63) is 52.7 Å². The fourth-order valence-electron chi connectivity index (χ4n) is 2.38. The molecule has 0 aliphatic heterocycles. The average Bonchev–Trinajstić information content (AvgIpc) is 3.02. The number of nitrogens with zero attached hydrogens (tertiary/aromatic N) is 1. The number of likely N-dealkylation sites (N-methyl/N-ethyl adjacent to an activating group) is 1. The van der Waals surface area contributed by atoms with Crippen LogP contribution in [0.4, 0.5) is 4.39 Å². The van der Waals surface area contributed by atoms with E-state index in [1.54, 1.807) is 32.3 Å². The van der Waals surface area contributed by atoms with Crippen LogP contribution in [0.15, 0.2) is 40.6 Å². The van der Waals surface area contributed by atoms with Gasteiger partial charge in [-0.05, 0) is 43.9 Å². The Bertz CT molecular complexity index is 866. The molecule has 0 bridgehead atoms. The van der Waals surface area contributed by atoms with Crippen molar-refractivity contribution in [3.63, 3.8) is 0 Å². The molecule has 6 nitrogen and oxygen atoms in total. The van der Waals surface area contributed by atoms with E-state index in [1.807, 2.05) is 4.90 Å². The SMILES string of the molecule is CC(=O)NCc1ccc(S(=O)(=O)NCC(c2cccc(F)c2)N(C)C)s1. The van der Waals surface area contributed by atoms with Crippen LogP contribution in [0.25, 0.3) is 0 Å². The fourth-order valence-corrected chi connectivity index (χ4v) is 4.76. The number of benzene rings is 1. The number of carbonyl (C=O) groups is 1. The highest BCUT2D eigenvalue weighted by molar-refractivity contribution is 7.91. The van der Waals surface area contributed by atoms with Crippen LogP contribution >= 0.6 is 11.3 Å². The van der Waals surface area contributed by atoms with Crippen molar-refractivity contribution in [2.75, 3.05) is 20.6 Å². The maximum Gasteiger partial charge on any atom is 0.250 e. The van der Waals surface area contributed by atoms with Crippen molar-refractivity contribution in [3.8, 4) is 0 Å². The summed E-state index contributed by atoms with van der Waals surface area (Å²) in [7, 11) is -0.0771. The number of rotatable bonds is 8. The molecule has 9 heteroatoms. The van der Waals surface area contributed by atoms with Gasteiger partial charge in [-0.1, -0.05) is 12.1 Å². The minimum absolute atomic E-state index is 0.109. The molecule has 0 aliphatic rings. The first-order valence-corrected chi connectivity index (χ1v) is 10.2. The topological polar surface area (TPSA) is 78.5 Å². The Balaban J connectivity index is 2.09. The first-order chi connectivity index (χ1) is 12.2. The highest BCUT2D eigenvalue weighted by Crippen LogP contribution is 2.23. The minimum Gasteiger partial charge on any atom is -0.351 e. The molecule has 1 unspecified atom stereocenters. The smallest absolute Gasteiger partial charge is 0.250 e. The van der Waals surface area contributed by atoms with Gasteiger partial charge >= 0.3 is 0 Å². The molecule has 0 aliphatic carbocycles. The van der Waals surface area contributed by atoms with Gasteiger partial charge in [0.05, 0.1) is 6.54 Å². The lowest BCUT2D eigenvalue weighted by Gasteiger charge is -2.25. The molecule has 1 aromatic carbocycles. The van der Waals surface area contributed by atoms with Crippen LogP contribution in [0.5, 0.6) is 0 Å². The third-order valence-electron chi connectivity index (χ3n) is 3.74. The van der Waals surface area contributed by atoms with Gasteiger partial charge in [0.25, 0.3) is 0 Å². The first kappa shape index (κ1) is 20.5. The Labute approximate surface area is 157 Å². The predicted molar refractivity (Wildman–Crippen MR) is 99.9 cm³/mol. The Morgan fingerprint density at radius 3 is 2.62 bits per heavy atom. The quantitative estimate of drug-likeness (QED) is 0.713. The summed E-state index contributed by atoms with van der Waals surface area (Å²) in [6.07, 6.45) is 0. The molecule has 0 saturated carbocycles. The third-order valence-corrected chi connectivity index (χ3v) is 6.74. The van der Waals surface area contributed by atoms with Gasteiger partial charge in [0.2, 0.25) is 15.9 Å². The van der Waals surface area contributed by atoms with Gasteiger partial charge in [-0.3, -0.25) is 4.79 Å². The van der Waals surface area contributed by atoms with Gasteiger partial charge in [0.15, 0.2) is 0 Å². The van der Waals surface area contributed by atoms with E-state index in [0.717, 1.165) is 16.2 Å². The van der Waals surface area contributed by atoms with Crippen molar-refractivity contribution in [2.24, 2.45) is 0 Å². The van der Waals surface area contributed by atoms with Crippen molar-refractivity contribution in [1.82, 2.24) is 14.9 Å². The van der Waals surface area contributed by atoms with Crippen LogP contribution in [0.1, 0.15) is 23.4 Å². The lowest BCUT2D eigenvalue weighted by atomic mass is 10.1. The van der Waals surface area contributed by atoms with E-state index in [4.69, 9.17) is 0 Å². The number of hydrogen-bond acceptors (Lipinski definition) is 5. The Morgan fingerprint density at radius 2 is 2.00 bits per heavy atom. The van der Waals surface area contributed by atoms with E-state index >= 15 is 0 Å². The average molecular weight is 400 g/mol. The second-order valence-electron chi connectivity index (χ2n) is 6.02. The molecular weight excluding hydrogens is 377 g/mol. The minimum atomic E-state index is -3.69. The largest absolute Gasteiger partial charge is 0.351 e. The van der Waals surface area contributed by atoms with Gasteiger partial charge < -0.3 is 10.2 Å². The van der Waals surface area contributed by atoms with Gasteiger partial charge in [0, 0.05) is 24.4 Å². The van der Waals surface area contributed by atoms with Crippen molar-refractivity contribution < 1.29 is 17.6 Å². The summed E-state index contributed by atoms with van der Waals surface area (Å²) in [5, 5.41) is 2.63. The predicted octanol–water partition coefficient (Wildman–Crippen LogP) is 2.10. The van der Waals surface area contributed by atoms with E-state index in [0.29, 0.717) is 12.1 Å². The lowest BCUT2D eigenvalue weighted by Crippen LogP contribution is -2.34. The molecule has 2 aromatic rings. The maximum absolute atomic E-state index is 13.5. The standard InChI is InChI=1S/C17H22FN3O3S2/c1-12(22)19-10-15-7-8-17(25-15)26(23,24)20-11-16(21(2)3)13-5-4-6-14(18)9-13/h4-9,16,20H,10-11H2,1-3H3,(H,19,22). The molecular formula is C17H22FN3O3S2. The highest BCUT2D eigenvalue weighted by Gasteiger charge is 2.21. The lowest BCUT2D eigenvalue weighted by molar-refractivity contribution is -0.119. The van der Waals surface area contributed by atoms with Gasteiger partial charge in [-0.25, -0.2) is 17.5 Å². The van der Waals surface area contributed by atoms with Crippen molar-refractivity contribution >= 4 is 27.3 Å². The molecule has 2 rings (SSSR count). The van der Waals surface area contributed by atoms with E-state index in [9.17, 15) is 17.6 Å². The molecule has 1 aromatic heterocycles. The normalized spacial score (nSPS) is 13.0. The number of amides is 1. The van der Waals surface area contributed by atoms with Crippen LogP contribution < -0.4 is 10.0 Å². The van der Waals surface area contributed by atoms with E-state index in [-0.39, 0.29) is 28.5 Å². The Morgan fingerprint density at radius 1 is 1.27 bits per heavy atom. The van der Waals surface area contributed by atoms with E-state index in [1.165, 1.54) is 25.1 Å². The number of carbonyl (C=O) groups excluding carboxylic acids is 1. The number of hydrogen-bond donors (Lipinski definition) is 2. The number of halogens is 1. The molecule has 0 spiro atoms. The summed E-state index contributed by atoms with van der Waals surface area (Å²) in [6.45, 7) is 1.80. The summed E-state index contributed by atoms with van der Waals surface area (Å²) in [6, 6.07) is 8.99. The monoisotopic (exact) mass is 399 g/mol. The van der Waals surface area contributed by atoms with E-state index in [2.05, 4.69) is 10.0 Å². The van der Waals surface area contributed by atoms with Crippen LogP contribution in [-0.2, 0) is 21.4 Å². The zero-order chi connectivity index (χ0) is 19.3. The maximum atomic E-state index is 13.5. The van der Waals surface area contributed by atoms with Gasteiger partial charge in [0.1, 0.15) is 10.0 Å². The third kappa shape index (κ3) is 5.60. The first-order valence-electron chi connectivity index (χ1n) is 7.94. The summed E-state index contributed by atoms with van der Waals surface area (Å²) >= 11 is 1.10. The van der Waals surface area contributed by atoms with Gasteiger partial charge in [-0.2, -0.15) is 0 Å². The zero-order valence-electron chi connectivity index (χ0n) is 14.8. The van der Waals surface area contributed by atoms with Gasteiger partial charge in [-0.15, -0.1) is 11.3 Å². The summed E-state index contributed by atoms with van der Waals surface area (Å²) in [4.78, 5) is 13.5. The number of nitrogens with one attached hydrogen (secondary N) is 2. The Hall–Kier alpha value is -1.81. The van der Waals surface area contributed by atoms with E-state index < -0.39 is 10.0 Å². The molecule has 1 heterocycles. The van der Waals surface area contributed by atoms with Crippen LogP contribution in [0, 0.1) is 5.82 Å². The molecule has 142 valence electrons. The molecule has 0 radical (unpaired) electrons. The highest BCUT2D eigenvalue weighted by atomic mass is 32.2. The number of thiophene rings is 1. The van der Waals surface area contributed by atoms with Crippen LogP contribution in [-0.4, -0.2) is 39.9 Å². The molecule has 26 heavy (non-hydrogen) atoms. The summed E-state index contributed by atoms with van der Waals surface area (Å²) in [5.41, 5.74) is 0.690. The molecule has 0 saturated heterocycles. The van der Waals surface area contributed by atoms with Crippen LogP contribution in [0.3, 0.4) is 0 Å². The Kier molecular flexibility index (Phi) is 6.87. The second kappa shape index (κ2) is 8.72.